The number of carbonyl (C=O) groups excluding carboxylic acids is 1. The van der Waals surface area contributed by atoms with Crippen molar-refractivity contribution in [1.82, 2.24) is 20.2 Å². The molecule has 2 aliphatic rings. The molecule has 5 rings (SSSR count). The number of fused-ring (bicyclic) bond motifs is 1. The van der Waals surface area contributed by atoms with Crippen molar-refractivity contribution >= 4 is 23.2 Å². The van der Waals surface area contributed by atoms with Gasteiger partial charge in [0.15, 0.2) is 5.82 Å². The van der Waals surface area contributed by atoms with Crippen LogP contribution in [0, 0.1) is 5.82 Å². The lowest BCUT2D eigenvalue weighted by atomic mass is 9.78. The quantitative estimate of drug-likeness (QED) is 0.617. The number of likely N-dealkylation sites (N-methyl/N-ethyl adjacent to an activating group) is 1. The number of halogens is 1. The fourth-order valence-electron chi connectivity index (χ4n) is 4.55. The predicted molar refractivity (Wildman–Crippen MR) is 132 cm³/mol. The summed E-state index contributed by atoms with van der Waals surface area (Å²) in [6.07, 6.45) is 1.19. The van der Waals surface area contributed by atoms with Crippen molar-refractivity contribution in [2.75, 3.05) is 50.0 Å². The first-order valence-electron chi connectivity index (χ1n) is 11.6. The van der Waals surface area contributed by atoms with Crippen LogP contribution in [-0.4, -0.2) is 60.5 Å². The number of benzene rings is 2. The van der Waals surface area contributed by atoms with E-state index in [1.165, 1.54) is 6.20 Å². The molecule has 3 aromatic rings. The van der Waals surface area contributed by atoms with E-state index in [1.54, 1.807) is 12.1 Å². The lowest BCUT2D eigenvalue weighted by Crippen LogP contribution is -2.44. The Hall–Kier alpha value is -3.52. The fourth-order valence-corrected chi connectivity index (χ4v) is 4.55. The van der Waals surface area contributed by atoms with Gasteiger partial charge in [-0.3, -0.25) is 4.79 Å². The van der Waals surface area contributed by atoms with E-state index < -0.39 is 5.82 Å². The van der Waals surface area contributed by atoms with E-state index in [0.29, 0.717) is 23.6 Å². The van der Waals surface area contributed by atoms with Gasteiger partial charge in [-0.15, -0.1) is 0 Å². The van der Waals surface area contributed by atoms with E-state index >= 15 is 0 Å². The molecule has 0 unspecified atom stereocenters. The molecule has 0 bridgehead atoms. The third kappa shape index (κ3) is 4.33. The van der Waals surface area contributed by atoms with E-state index in [1.807, 2.05) is 18.2 Å². The molecule has 34 heavy (non-hydrogen) atoms. The maximum Gasteiger partial charge on any atom is 0.251 e. The zero-order valence-corrected chi connectivity index (χ0v) is 19.7. The van der Waals surface area contributed by atoms with Crippen molar-refractivity contribution in [3.8, 4) is 11.3 Å². The van der Waals surface area contributed by atoms with Crippen molar-refractivity contribution in [2.45, 2.75) is 19.3 Å². The van der Waals surface area contributed by atoms with Gasteiger partial charge < -0.3 is 20.4 Å². The first kappa shape index (κ1) is 22.3. The Balaban J connectivity index is 1.42. The number of carbonyl (C=O) groups is 1. The molecule has 3 heterocycles. The van der Waals surface area contributed by atoms with E-state index in [-0.39, 0.29) is 17.0 Å². The normalized spacial score (nSPS) is 17.8. The minimum Gasteiger partial charge on any atom is -0.369 e. The van der Waals surface area contributed by atoms with Gasteiger partial charge in [0.25, 0.3) is 5.91 Å². The van der Waals surface area contributed by atoms with E-state index in [2.05, 4.69) is 63.4 Å². The van der Waals surface area contributed by atoms with Gasteiger partial charge in [0.1, 0.15) is 5.69 Å². The summed E-state index contributed by atoms with van der Waals surface area (Å²) < 4.78 is 14.8. The van der Waals surface area contributed by atoms with Crippen LogP contribution in [0.5, 0.6) is 0 Å². The molecule has 0 spiro atoms. The number of piperazine rings is 1. The van der Waals surface area contributed by atoms with Gasteiger partial charge in [-0.05, 0) is 42.9 Å². The number of aromatic nitrogens is 2. The number of hydrogen-bond donors (Lipinski definition) is 2. The van der Waals surface area contributed by atoms with E-state index in [0.717, 1.165) is 43.1 Å². The summed E-state index contributed by atoms with van der Waals surface area (Å²) in [5.74, 6) is -0.289. The number of nitrogens with one attached hydrogen (secondary N) is 2. The molecule has 2 N–H and O–H groups in total. The van der Waals surface area contributed by atoms with E-state index in [9.17, 15) is 9.18 Å². The van der Waals surface area contributed by atoms with Gasteiger partial charge in [0.05, 0.1) is 6.20 Å². The second kappa shape index (κ2) is 8.68. The second-order valence-corrected chi connectivity index (χ2v) is 9.68. The highest BCUT2D eigenvalue weighted by atomic mass is 19.1. The first-order chi connectivity index (χ1) is 16.3. The third-order valence-corrected chi connectivity index (χ3v) is 6.67. The average molecular weight is 461 g/mol. The molecule has 1 amide bonds. The number of rotatable bonds is 4. The molecule has 8 heteroatoms. The third-order valence-electron chi connectivity index (χ3n) is 6.67. The Labute approximate surface area is 199 Å². The van der Waals surface area contributed by atoms with Crippen molar-refractivity contribution < 1.29 is 9.18 Å². The van der Waals surface area contributed by atoms with Gasteiger partial charge in [-0.2, -0.15) is 0 Å². The molecule has 1 saturated heterocycles. The monoisotopic (exact) mass is 460 g/mol. The van der Waals surface area contributed by atoms with Gasteiger partial charge in [-0.1, -0.05) is 26.0 Å². The zero-order valence-electron chi connectivity index (χ0n) is 19.7. The largest absolute Gasteiger partial charge is 0.369 e. The van der Waals surface area contributed by atoms with Crippen LogP contribution >= 0.6 is 0 Å². The molecular weight excluding hydrogens is 431 g/mol. The van der Waals surface area contributed by atoms with Crippen LogP contribution in [0.25, 0.3) is 11.3 Å². The lowest BCUT2D eigenvalue weighted by Gasteiger charge is -2.34. The van der Waals surface area contributed by atoms with Gasteiger partial charge >= 0.3 is 0 Å². The summed E-state index contributed by atoms with van der Waals surface area (Å²) in [6.45, 7) is 8.67. The topological polar surface area (TPSA) is 73.4 Å². The summed E-state index contributed by atoms with van der Waals surface area (Å²) in [6, 6.07) is 13.5. The van der Waals surface area contributed by atoms with Gasteiger partial charge in [0, 0.05) is 60.6 Å². The highest BCUT2D eigenvalue weighted by Crippen LogP contribution is 2.34. The predicted octanol–water partition coefficient (Wildman–Crippen LogP) is 3.80. The fraction of sp³-hybridized carbons (Fsp3) is 0.346. The van der Waals surface area contributed by atoms with Crippen molar-refractivity contribution in [1.29, 1.82) is 0 Å². The Kier molecular flexibility index (Phi) is 5.69. The van der Waals surface area contributed by atoms with Crippen LogP contribution in [0.4, 0.5) is 21.7 Å². The summed E-state index contributed by atoms with van der Waals surface area (Å²) in [5.41, 5.74) is 4.06. The minimum atomic E-state index is -0.505. The first-order valence-corrected chi connectivity index (χ1v) is 11.6. The Morgan fingerprint density at radius 2 is 1.88 bits per heavy atom. The van der Waals surface area contributed by atoms with Crippen molar-refractivity contribution in [3.05, 3.63) is 65.6 Å². The van der Waals surface area contributed by atoms with Crippen LogP contribution in [0.15, 0.2) is 48.7 Å². The molecule has 1 aromatic heterocycles. The Bertz CT molecular complexity index is 1240. The Morgan fingerprint density at radius 3 is 2.68 bits per heavy atom. The number of nitrogens with zero attached hydrogens (tertiary/aromatic N) is 4. The van der Waals surface area contributed by atoms with Crippen LogP contribution in [-0.2, 0) is 5.41 Å². The molecule has 2 aliphatic heterocycles. The SMILES string of the molecule is CN1CCN(c2cccc(Nc3ncc(F)c(-c4ccc5c(c4)C(C)(C)CNC5=O)n3)c2)CC1. The molecule has 1 fully saturated rings. The molecule has 7 nitrogen and oxygen atoms in total. The molecular formula is C26H29FN6O. The number of hydrogen-bond acceptors (Lipinski definition) is 6. The lowest BCUT2D eigenvalue weighted by molar-refractivity contribution is 0.0930. The molecule has 176 valence electrons. The second-order valence-electron chi connectivity index (χ2n) is 9.68. The van der Waals surface area contributed by atoms with Crippen molar-refractivity contribution in [3.63, 3.8) is 0 Å². The van der Waals surface area contributed by atoms with Crippen LogP contribution in [0.2, 0.25) is 0 Å². The maximum atomic E-state index is 14.8. The van der Waals surface area contributed by atoms with Crippen LogP contribution in [0.1, 0.15) is 29.8 Å². The highest BCUT2D eigenvalue weighted by molar-refractivity contribution is 5.98. The summed E-state index contributed by atoms with van der Waals surface area (Å²) >= 11 is 0. The number of amides is 1. The smallest absolute Gasteiger partial charge is 0.251 e. The Morgan fingerprint density at radius 1 is 1.09 bits per heavy atom. The maximum absolute atomic E-state index is 14.8. The van der Waals surface area contributed by atoms with Gasteiger partial charge in [0.2, 0.25) is 5.95 Å². The van der Waals surface area contributed by atoms with Crippen LogP contribution < -0.4 is 15.5 Å². The minimum absolute atomic E-state index is 0.105. The zero-order chi connectivity index (χ0) is 23.9. The summed E-state index contributed by atoms with van der Waals surface area (Å²) in [4.78, 5) is 25.6. The molecule has 0 atom stereocenters. The molecule has 2 aromatic carbocycles. The highest BCUT2D eigenvalue weighted by Gasteiger charge is 2.32. The van der Waals surface area contributed by atoms with E-state index in [4.69, 9.17) is 0 Å². The van der Waals surface area contributed by atoms with Gasteiger partial charge in [-0.25, -0.2) is 14.4 Å². The molecule has 0 saturated carbocycles. The van der Waals surface area contributed by atoms with Crippen LogP contribution in [0.3, 0.4) is 0 Å². The standard InChI is InChI=1S/C26H29FN6O/c1-26(2)16-29-24(34)20-8-7-17(13-21(20)26)23-22(27)15-28-25(31-23)30-18-5-4-6-19(14-18)33-11-9-32(3)10-12-33/h4-8,13-15H,9-12,16H2,1-3H3,(H,29,34)(H,28,30,31). The summed E-state index contributed by atoms with van der Waals surface area (Å²) in [7, 11) is 2.14. The molecule has 0 radical (unpaired) electrons. The average Bonchev–Trinajstić information content (AvgIpc) is 2.83. The molecule has 0 aliphatic carbocycles. The van der Waals surface area contributed by atoms with Crippen molar-refractivity contribution in [2.24, 2.45) is 0 Å². The number of anilines is 3. The summed E-state index contributed by atoms with van der Waals surface area (Å²) in [5, 5.41) is 6.14.